The molecule has 0 saturated carbocycles. The molecule has 1 aliphatic rings. The molecule has 1 rings (SSSR count). The van der Waals surface area contributed by atoms with Gasteiger partial charge < -0.3 is 10.2 Å². The van der Waals surface area contributed by atoms with Gasteiger partial charge in [-0.25, -0.2) is 0 Å². The van der Waals surface area contributed by atoms with Gasteiger partial charge in [0.05, 0.1) is 5.70 Å². The summed E-state index contributed by atoms with van der Waals surface area (Å²) in [6, 6.07) is 0. The van der Waals surface area contributed by atoms with Crippen molar-refractivity contribution in [3.05, 3.63) is 47.9 Å². The topological polar surface area (TPSA) is 27.6 Å². The van der Waals surface area contributed by atoms with Crippen LogP contribution in [0.15, 0.2) is 52.8 Å². The van der Waals surface area contributed by atoms with E-state index >= 15 is 0 Å². The molecule has 1 saturated heterocycles. The van der Waals surface area contributed by atoms with Crippen LogP contribution in [0.5, 0.6) is 0 Å². The Labute approximate surface area is 124 Å². The third kappa shape index (κ3) is 5.17. The Hall–Kier alpha value is -1.61. The van der Waals surface area contributed by atoms with Gasteiger partial charge in [-0.05, 0) is 26.6 Å². The predicted molar refractivity (Wildman–Crippen MR) is 91.1 cm³/mol. The fourth-order valence-electron chi connectivity index (χ4n) is 2.10. The third-order valence-electron chi connectivity index (χ3n) is 2.98. The van der Waals surface area contributed by atoms with E-state index in [0.717, 1.165) is 37.4 Å². The molecule has 0 unspecified atom stereocenters. The minimum absolute atomic E-state index is 0.886. The molecule has 0 aromatic rings. The Morgan fingerprint density at radius 2 is 1.80 bits per heavy atom. The van der Waals surface area contributed by atoms with Crippen LogP contribution in [0.3, 0.4) is 0 Å². The molecule has 0 spiro atoms. The van der Waals surface area contributed by atoms with Crippen LogP contribution < -0.4 is 5.32 Å². The molecule has 112 valence electrons. The van der Waals surface area contributed by atoms with Gasteiger partial charge >= 0.3 is 0 Å². The molecule has 0 radical (unpaired) electrons. The van der Waals surface area contributed by atoms with E-state index in [-0.39, 0.29) is 0 Å². The number of allylic oxidation sites excluding steroid dienone is 4. The number of rotatable bonds is 5. The van der Waals surface area contributed by atoms with Crippen molar-refractivity contribution >= 4 is 6.72 Å². The summed E-state index contributed by atoms with van der Waals surface area (Å²) in [6.07, 6.45) is 8.01. The van der Waals surface area contributed by atoms with Crippen molar-refractivity contribution in [2.24, 2.45) is 4.99 Å². The monoisotopic (exact) mass is 275 g/mol. The van der Waals surface area contributed by atoms with E-state index in [1.54, 1.807) is 0 Å². The highest BCUT2D eigenvalue weighted by atomic mass is 15.2. The lowest BCUT2D eigenvalue weighted by Crippen LogP contribution is -2.42. The Morgan fingerprint density at radius 1 is 1.20 bits per heavy atom. The first-order chi connectivity index (χ1) is 9.78. The van der Waals surface area contributed by atoms with Crippen LogP contribution in [0.4, 0.5) is 0 Å². The number of hydrogen-bond donors (Lipinski definition) is 1. The predicted octanol–water partition coefficient (Wildman–Crippen LogP) is 3.54. The molecule has 0 amide bonds. The maximum atomic E-state index is 4.08. The Kier molecular flexibility index (Phi) is 10.3. The third-order valence-corrected chi connectivity index (χ3v) is 2.98. The normalized spacial score (nSPS) is 17.2. The van der Waals surface area contributed by atoms with Crippen LogP contribution in [0, 0.1) is 0 Å². The van der Waals surface area contributed by atoms with Crippen molar-refractivity contribution in [3.8, 4) is 0 Å². The van der Waals surface area contributed by atoms with Crippen molar-refractivity contribution in [3.63, 3.8) is 0 Å². The molecule has 1 aliphatic heterocycles. The van der Waals surface area contributed by atoms with Crippen molar-refractivity contribution in [2.75, 3.05) is 26.2 Å². The number of hydrogen-bond acceptors (Lipinski definition) is 3. The van der Waals surface area contributed by atoms with E-state index in [4.69, 9.17) is 0 Å². The lowest BCUT2D eigenvalue weighted by atomic mass is 10.1. The Bertz CT molecular complexity index is 383. The summed E-state index contributed by atoms with van der Waals surface area (Å²) >= 11 is 0. The van der Waals surface area contributed by atoms with Crippen LogP contribution in [0.1, 0.15) is 27.7 Å². The highest BCUT2D eigenvalue weighted by Crippen LogP contribution is 2.21. The number of aliphatic imine (C=N–C) groups is 1. The molecular weight excluding hydrogens is 246 g/mol. The van der Waals surface area contributed by atoms with E-state index in [1.807, 2.05) is 39.8 Å². The van der Waals surface area contributed by atoms with Gasteiger partial charge in [-0.1, -0.05) is 38.7 Å². The van der Waals surface area contributed by atoms with E-state index in [2.05, 4.69) is 40.7 Å². The van der Waals surface area contributed by atoms with Crippen molar-refractivity contribution < 1.29 is 0 Å². The second-order valence-electron chi connectivity index (χ2n) is 4.07. The van der Waals surface area contributed by atoms with Gasteiger partial charge in [-0.15, -0.1) is 0 Å². The quantitative estimate of drug-likeness (QED) is 0.614. The minimum atomic E-state index is 0.886. The molecule has 0 atom stereocenters. The van der Waals surface area contributed by atoms with Crippen molar-refractivity contribution in [1.29, 1.82) is 0 Å². The molecular formula is C17H29N3. The average molecular weight is 275 g/mol. The molecule has 3 heteroatoms. The first kappa shape index (κ1) is 18.4. The van der Waals surface area contributed by atoms with Gasteiger partial charge in [0.1, 0.15) is 0 Å². The summed E-state index contributed by atoms with van der Waals surface area (Å²) in [5.41, 5.74) is 3.11. The van der Waals surface area contributed by atoms with E-state index in [1.165, 1.54) is 5.70 Å². The molecule has 1 N–H and O–H groups in total. The lowest BCUT2D eigenvalue weighted by molar-refractivity contribution is 0.306. The fourth-order valence-corrected chi connectivity index (χ4v) is 2.10. The van der Waals surface area contributed by atoms with Gasteiger partial charge in [0.15, 0.2) is 0 Å². The van der Waals surface area contributed by atoms with Crippen LogP contribution in [0.25, 0.3) is 0 Å². The summed E-state index contributed by atoms with van der Waals surface area (Å²) in [7, 11) is 0. The largest absolute Gasteiger partial charge is 0.368 e. The van der Waals surface area contributed by atoms with Gasteiger partial charge in [-0.3, -0.25) is 4.99 Å². The van der Waals surface area contributed by atoms with Gasteiger partial charge in [0.25, 0.3) is 0 Å². The van der Waals surface area contributed by atoms with E-state index in [9.17, 15) is 0 Å². The zero-order valence-corrected chi connectivity index (χ0v) is 13.4. The number of piperazine rings is 1. The maximum Gasteiger partial charge on any atom is 0.0672 e. The van der Waals surface area contributed by atoms with Gasteiger partial charge in [-0.2, -0.15) is 0 Å². The van der Waals surface area contributed by atoms with E-state index in [0.29, 0.717) is 0 Å². The fraction of sp³-hybridized carbons (Fsp3) is 0.471. The van der Waals surface area contributed by atoms with Gasteiger partial charge in [0.2, 0.25) is 0 Å². The lowest BCUT2D eigenvalue weighted by Gasteiger charge is -2.31. The first-order valence-electron chi connectivity index (χ1n) is 7.37. The highest BCUT2D eigenvalue weighted by Gasteiger charge is 2.15. The van der Waals surface area contributed by atoms with Crippen LogP contribution >= 0.6 is 0 Å². The van der Waals surface area contributed by atoms with Crippen LogP contribution in [-0.2, 0) is 0 Å². The minimum Gasteiger partial charge on any atom is -0.368 e. The number of nitrogens with one attached hydrogen (secondary N) is 1. The molecule has 3 nitrogen and oxygen atoms in total. The molecule has 20 heavy (non-hydrogen) atoms. The Morgan fingerprint density at radius 3 is 2.20 bits per heavy atom. The maximum absolute atomic E-state index is 4.08. The molecule has 0 aromatic carbocycles. The highest BCUT2D eigenvalue weighted by molar-refractivity contribution is 5.48. The van der Waals surface area contributed by atoms with E-state index < -0.39 is 0 Å². The zero-order chi connectivity index (χ0) is 15.4. The SMILES string of the molecule is C=CC(/C(=C/C)N=C)=C(/C=C\C)N1CCNCC1.CC. The second kappa shape index (κ2) is 11.2. The standard InChI is InChI=1S/C15H23N3.C2H6/c1-5-8-15(18-11-9-17-10-12-18)13(6-2)14(7-3)16-4;1-2/h5-8,17H,2,4,9-12H2,1,3H3;1-2H3/b8-5-,14-7-,15-13+;. The van der Waals surface area contributed by atoms with Crippen LogP contribution in [-0.4, -0.2) is 37.8 Å². The smallest absolute Gasteiger partial charge is 0.0672 e. The summed E-state index contributed by atoms with van der Waals surface area (Å²) in [5, 5.41) is 3.36. The summed E-state index contributed by atoms with van der Waals surface area (Å²) < 4.78 is 0. The molecule has 0 bridgehead atoms. The van der Waals surface area contributed by atoms with Crippen molar-refractivity contribution in [1.82, 2.24) is 10.2 Å². The first-order valence-corrected chi connectivity index (χ1v) is 7.37. The molecule has 0 aliphatic carbocycles. The number of nitrogens with zero attached hydrogens (tertiary/aromatic N) is 2. The molecule has 0 aromatic heterocycles. The summed E-state index contributed by atoms with van der Waals surface area (Å²) in [4.78, 5) is 6.44. The average Bonchev–Trinajstić information content (AvgIpc) is 2.53. The zero-order valence-electron chi connectivity index (χ0n) is 13.4. The van der Waals surface area contributed by atoms with Crippen molar-refractivity contribution in [2.45, 2.75) is 27.7 Å². The Balaban J connectivity index is 0.00000172. The second-order valence-corrected chi connectivity index (χ2v) is 4.07. The molecule has 1 heterocycles. The van der Waals surface area contributed by atoms with Gasteiger partial charge in [0, 0.05) is 37.4 Å². The van der Waals surface area contributed by atoms with Crippen LogP contribution in [0.2, 0.25) is 0 Å². The summed E-state index contributed by atoms with van der Waals surface area (Å²) in [6.45, 7) is 19.6. The summed E-state index contributed by atoms with van der Waals surface area (Å²) in [5.74, 6) is 0. The molecule has 1 fully saturated rings.